The number of rotatable bonds is 50. The molecule has 0 aromatic heterocycles. The summed E-state index contributed by atoms with van der Waals surface area (Å²) in [6, 6.07) is -0.841. The number of phosphoric acid groups is 1. The first-order chi connectivity index (χ1) is 30.5. The minimum absolute atomic E-state index is 0.0631. The average Bonchev–Trinajstić information content (AvgIpc) is 3.24. The Morgan fingerprint density at radius 3 is 1.22 bits per heavy atom. The van der Waals surface area contributed by atoms with Gasteiger partial charge in [-0.05, 0) is 44.9 Å². The molecule has 0 aliphatic heterocycles. The molecule has 0 aromatic carbocycles. The van der Waals surface area contributed by atoms with Crippen LogP contribution in [0, 0.1) is 0 Å². The number of carbonyl (C=O) groups excluding carboxylic acids is 1. The number of likely N-dealkylation sites (N-methyl/N-ethyl adjacent to an activating group) is 1. The Kier molecular flexibility index (Phi) is 45.4. The molecule has 0 bridgehead atoms. The first-order valence-electron chi connectivity index (χ1n) is 27.2. The predicted octanol–water partition coefficient (Wildman–Crippen LogP) is 16.0. The van der Waals surface area contributed by atoms with Crippen LogP contribution in [0.25, 0.3) is 0 Å². The number of nitrogens with one attached hydrogen (secondary N) is 1. The Labute approximate surface area is 392 Å². The van der Waals surface area contributed by atoms with Crippen LogP contribution in [0.4, 0.5) is 0 Å². The largest absolute Gasteiger partial charge is 0.472 e. The molecule has 0 rings (SSSR count). The topological polar surface area (TPSA) is 105 Å². The molecular formula is C54H108N2O6P+. The van der Waals surface area contributed by atoms with Gasteiger partial charge in [-0.1, -0.05) is 237 Å². The first-order valence-corrected chi connectivity index (χ1v) is 28.7. The summed E-state index contributed by atoms with van der Waals surface area (Å²) < 4.78 is 23.6. The van der Waals surface area contributed by atoms with Crippen molar-refractivity contribution in [3.05, 3.63) is 24.3 Å². The summed E-state index contributed by atoms with van der Waals surface area (Å²) in [4.78, 5) is 23.1. The highest BCUT2D eigenvalue weighted by atomic mass is 31.2. The SMILES string of the molecule is CCCCCCCCC/C=C/C(O)C(COP(=O)(O)OCC[N+](C)(C)C)NC(=O)CCCCCCCCCCCCCCCCCC/C=C\CCCCCCCCCCCCCC. The third-order valence-corrected chi connectivity index (χ3v) is 13.4. The number of unbranched alkanes of at least 4 members (excludes halogenated alkanes) is 35. The molecular weight excluding hydrogens is 804 g/mol. The molecule has 9 heteroatoms. The lowest BCUT2D eigenvalue weighted by molar-refractivity contribution is -0.870. The van der Waals surface area contributed by atoms with Gasteiger partial charge in [0.05, 0.1) is 39.9 Å². The van der Waals surface area contributed by atoms with Crippen LogP contribution in [-0.4, -0.2) is 73.4 Å². The van der Waals surface area contributed by atoms with E-state index in [1.165, 1.54) is 205 Å². The molecule has 0 aliphatic carbocycles. The van der Waals surface area contributed by atoms with Gasteiger partial charge in [0.25, 0.3) is 0 Å². The molecule has 63 heavy (non-hydrogen) atoms. The van der Waals surface area contributed by atoms with Crippen LogP contribution in [0.5, 0.6) is 0 Å². The van der Waals surface area contributed by atoms with Crippen LogP contribution < -0.4 is 5.32 Å². The smallest absolute Gasteiger partial charge is 0.387 e. The van der Waals surface area contributed by atoms with E-state index in [0.717, 1.165) is 38.5 Å². The van der Waals surface area contributed by atoms with E-state index in [2.05, 4.69) is 31.3 Å². The number of aliphatic hydroxyl groups excluding tert-OH is 1. The van der Waals surface area contributed by atoms with E-state index in [0.29, 0.717) is 17.4 Å². The maximum Gasteiger partial charge on any atom is 0.472 e. The van der Waals surface area contributed by atoms with E-state index in [9.17, 15) is 19.4 Å². The van der Waals surface area contributed by atoms with Crippen LogP contribution in [-0.2, 0) is 18.4 Å². The summed E-state index contributed by atoms with van der Waals surface area (Å²) in [7, 11) is 1.58. The van der Waals surface area contributed by atoms with Crippen LogP contribution in [0.15, 0.2) is 24.3 Å². The molecule has 0 heterocycles. The average molecular weight is 912 g/mol. The van der Waals surface area contributed by atoms with Gasteiger partial charge in [-0.3, -0.25) is 13.8 Å². The van der Waals surface area contributed by atoms with Gasteiger partial charge in [0.2, 0.25) is 5.91 Å². The first kappa shape index (κ1) is 62.0. The molecule has 0 aromatic rings. The fraction of sp³-hybridized carbons (Fsp3) is 0.907. The van der Waals surface area contributed by atoms with E-state index in [4.69, 9.17) is 9.05 Å². The van der Waals surface area contributed by atoms with Crippen molar-refractivity contribution in [3.8, 4) is 0 Å². The molecule has 3 unspecified atom stereocenters. The fourth-order valence-corrected chi connectivity index (χ4v) is 8.83. The molecule has 3 atom stereocenters. The molecule has 1 amide bonds. The van der Waals surface area contributed by atoms with Gasteiger partial charge in [0, 0.05) is 6.42 Å². The highest BCUT2D eigenvalue weighted by molar-refractivity contribution is 7.47. The van der Waals surface area contributed by atoms with Crippen molar-refractivity contribution in [3.63, 3.8) is 0 Å². The van der Waals surface area contributed by atoms with Gasteiger partial charge < -0.3 is 19.8 Å². The van der Waals surface area contributed by atoms with Crippen molar-refractivity contribution in [1.82, 2.24) is 5.32 Å². The zero-order valence-electron chi connectivity index (χ0n) is 42.6. The number of nitrogens with zero attached hydrogens (tertiary/aromatic N) is 1. The second-order valence-corrected chi connectivity index (χ2v) is 21.4. The van der Waals surface area contributed by atoms with Gasteiger partial charge in [-0.25, -0.2) is 4.57 Å². The Bertz CT molecular complexity index is 1080. The normalized spacial score (nSPS) is 14.2. The highest BCUT2D eigenvalue weighted by Gasteiger charge is 2.27. The van der Waals surface area contributed by atoms with Crippen molar-refractivity contribution >= 4 is 13.7 Å². The van der Waals surface area contributed by atoms with Gasteiger partial charge >= 0.3 is 7.82 Å². The Balaban J connectivity index is 3.92. The summed E-state index contributed by atoms with van der Waals surface area (Å²) in [5.74, 6) is -0.176. The van der Waals surface area contributed by atoms with E-state index in [-0.39, 0.29) is 19.1 Å². The molecule has 0 saturated heterocycles. The van der Waals surface area contributed by atoms with Gasteiger partial charge in [0.15, 0.2) is 0 Å². The molecule has 3 N–H and O–H groups in total. The monoisotopic (exact) mass is 912 g/mol. The van der Waals surface area contributed by atoms with Gasteiger partial charge in [-0.2, -0.15) is 0 Å². The number of allylic oxidation sites excluding steroid dienone is 3. The van der Waals surface area contributed by atoms with Crippen LogP contribution in [0.3, 0.4) is 0 Å². The number of hydrogen-bond donors (Lipinski definition) is 3. The lowest BCUT2D eigenvalue weighted by Gasteiger charge is -2.25. The summed E-state index contributed by atoms with van der Waals surface area (Å²) in [6.45, 7) is 4.81. The summed E-state index contributed by atoms with van der Waals surface area (Å²) in [6.07, 6.45) is 57.3. The number of carbonyl (C=O) groups is 1. The second-order valence-electron chi connectivity index (χ2n) is 20.0. The molecule has 0 spiro atoms. The zero-order chi connectivity index (χ0) is 46.4. The second kappa shape index (κ2) is 46.1. The lowest BCUT2D eigenvalue weighted by atomic mass is 10.0. The molecule has 374 valence electrons. The minimum Gasteiger partial charge on any atom is -0.387 e. The van der Waals surface area contributed by atoms with Crippen molar-refractivity contribution in [2.75, 3.05) is 40.9 Å². The summed E-state index contributed by atoms with van der Waals surface area (Å²) in [5.41, 5.74) is 0. The van der Waals surface area contributed by atoms with E-state index >= 15 is 0 Å². The number of aliphatic hydroxyl groups is 1. The third-order valence-electron chi connectivity index (χ3n) is 12.4. The van der Waals surface area contributed by atoms with Gasteiger partial charge in [0.1, 0.15) is 13.2 Å². The van der Waals surface area contributed by atoms with Crippen molar-refractivity contribution in [1.29, 1.82) is 0 Å². The molecule has 0 radical (unpaired) electrons. The standard InChI is InChI=1S/C54H107N2O6P/c1-6-8-10-12-14-16-17-18-19-20-21-22-23-24-25-26-27-28-29-30-31-32-33-34-35-36-37-38-40-42-44-46-48-54(58)55-52(51-62-63(59,60)61-50-49-56(3,4)5)53(57)47-45-43-41-39-15-13-11-9-7-2/h24-25,45,47,52-53,57H,6-23,26-44,46,48-51H2,1-5H3,(H-,55,58,59,60)/p+1/b25-24-,47-45+. The molecule has 0 saturated carbocycles. The summed E-state index contributed by atoms with van der Waals surface area (Å²) >= 11 is 0. The van der Waals surface area contributed by atoms with E-state index < -0.39 is 20.0 Å². The summed E-state index contributed by atoms with van der Waals surface area (Å²) in [5, 5.41) is 13.8. The van der Waals surface area contributed by atoms with Crippen molar-refractivity contribution in [2.24, 2.45) is 0 Å². The Morgan fingerprint density at radius 2 is 0.857 bits per heavy atom. The fourth-order valence-electron chi connectivity index (χ4n) is 8.10. The van der Waals surface area contributed by atoms with Crippen molar-refractivity contribution < 1.29 is 32.9 Å². The number of quaternary nitrogens is 1. The van der Waals surface area contributed by atoms with Crippen LogP contribution >= 0.6 is 7.82 Å². The van der Waals surface area contributed by atoms with E-state index in [1.807, 2.05) is 27.2 Å². The predicted molar refractivity (Wildman–Crippen MR) is 272 cm³/mol. The quantitative estimate of drug-likeness (QED) is 0.0243. The molecule has 0 fully saturated rings. The zero-order valence-corrected chi connectivity index (χ0v) is 43.5. The maximum absolute atomic E-state index is 12.9. The highest BCUT2D eigenvalue weighted by Crippen LogP contribution is 2.43. The van der Waals surface area contributed by atoms with Crippen molar-refractivity contribution in [2.45, 2.75) is 276 Å². The van der Waals surface area contributed by atoms with Crippen LogP contribution in [0.2, 0.25) is 0 Å². The van der Waals surface area contributed by atoms with E-state index in [1.54, 1.807) is 6.08 Å². The maximum atomic E-state index is 12.9. The Hall–Kier alpha value is -1.02. The molecule has 8 nitrogen and oxygen atoms in total. The number of phosphoric ester groups is 1. The number of amides is 1. The minimum atomic E-state index is -4.33. The number of hydrogen-bond acceptors (Lipinski definition) is 5. The molecule has 0 aliphatic rings. The Morgan fingerprint density at radius 1 is 0.524 bits per heavy atom. The van der Waals surface area contributed by atoms with Gasteiger partial charge in [-0.15, -0.1) is 0 Å². The third kappa shape index (κ3) is 48.7. The van der Waals surface area contributed by atoms with Crippen LogP contribution in [0.1, 0.15) is 264 Å². The lowest BCUT2D eigenvalue weighted by Crippen LogP contribution is -2.45.